The van der Waals surface area contributed by atoms with Gasteiger partial charge in [0.05, 0.1) is 5.75 Å². The van der Waals surface area contributed by atoms with Crippen molar-refractivity contribution in [1.29, 1.82) is 0 Å². The lowest BCUT2D eigenvalue weighted by atomic mass is 9.97. The number of carbonyl (C=O) groups is 1. The molecule has 3 rings (SSSR count). The van der Waals surface area contributed by atoms with Crippen LogP contribution in [0.1, 0.15) is 19.8 Å². The second kappa shape index (κ2) is 6.52. The summed E-state index contributed by atoms with van der Waals surface area (Å²) < 4.78 is 30.9. The molecule has 0 N–H and O–H groups in total. The zero-order valence-electron chi connectivity index (χ0n) is 13.8. The van der Waals surface area contributed by atoms with E-state index >= 15 is 0 Å². The number of benzene rings is 1. The summed E-state index contributed by atoms with van der Waals surface area (Å²) >= 11 is 0. The molecule has 1 amide bonds. The molecule has 1 saturated heterocycles. The van der Waals surface area contributed by atoms with Crippen LogP contribution in [0.5, 0.6) is 0 Å². The molecule has 1 aliphatic rings. The molecule has 1 aromatic heterocycles. The predicted molar refractivity (Wildman–Crippen MR) is 91.2 cm³/mol. The summed E-state index contributed by atoms with van der Waals surface area (Å²) in [6.45, 7) is 2.40. The summed E-state index contributed by atoms with van der Waals surface area (Å²) in [5.74, 6) is -0.211. The van der Waals surface area contributed by atoms with E-state index in [1.54, 1.807) is 20.0 Å². The molecule has 8 heteroatoms. The standard InChI is InChI=1S/C16H21N3O4S/c1-3-24(21,22)19-10-8-12(9-11-19)15(20)18(2)16-17-13-6-4-5-7-14(13)23-16/h4-7,12H,3,8-11H2,1-2H3. The molecule has 7 nitrogen and oxygen atoms in total. The summed E-state index contributed by atoms with van der Waals surface area (Å²) in [4.78, 5) is 18.4. The molecule has 130 valence electrons. The van der Waals surface area contributed by atoms with Crippen LogP contribution in [-0.4, -0.2) is 49.5 Å². The van der Waals surface area contributed by atoms with Gasteiger partial charge in [0.25, 0.3) is 0 Å². The van der Waals surface area contributed by atoms with Gasteiger partial charge in [0, 0.05) is 26.1 Å². The second-order valence-electron chi connectivity index (χ2n) is 5.94. The molecular formula is C16H21N3O4S. The monoisotopic (exact) mass is 351 g/mol. The maximum Gasteiger partial charge on any atom is 0.304 e. The van der Waals surface area contributed by atoms with Crippen molar-refractivity contribution < 1.29 is 17.6 Å². The highest BCUT2D eigenvalue weighted by atomic mass is 32.2. The first-order valence-electron chi connectivity index (χ1n) is 8.03. The number of aromatic nitrogens is 1. The third-order valence-electron chi connectivity index (χ3n) is 4.46. The van der Waals surface area contributed by atoms with Gasteiger partial charge in [-0.1, -0.05) is 12.1 Å². The number of hydrogen-bond donors (Lipinski definition) is 0. The van der Waals surface area contributed by atoms with E-state index in [4.69, 9.17) is 4.42 Å². The van der Waals surface area contributed by atoms with Crippen molar-refractivity contribution in [1.82, 2.24) is 9.29 Å². The average molecular weight is 351 g/mol. The summed E-state index contributed by atoms with van der Waals surface area (Å²) in [6.07, 6.45) is 1.03. The summed E-state index contributed by atoms with van der Waals surface area (Å²) in [6, 6.07) is 7.61. The minimum absolute atomic E-state index is 0.0879. The molecule has 1 aliphatic heterocycles. The highest BCUT2D eigenvalue weighted by Gasteiger charge is 2.32. The zero-order valence-corrected chi connectivity index (χ0v) is 14.6. The largest absolute Gasteiger partial charge is 0.423 e. The summed E-state index contributed by atoms with van der Waals surface area (Å²) in [5, 5.41) is 0. The quantitative estimate of drug-likeness (QED) is 0.839. The number of piperidine rings is 1. The topological polar surface area (TPSA) is 83.7 Å². The van der Waals surface area contributed by atoms with Crippen molar-refractivity contribution in [3.63, 3.8) is 0 Å². The maximum absolute atomic E-state index is 12.7. The van der Waals surface area contributed by atoms with Crippen LogP contribution < -0.4 is 4.90 Å². The molecule has 1 aromatic carbocycles. The first-order valence-corrected chi connectivity index (χ1v) is 9.64. The minimum Gasteiger partial charge on any atom is -0.423 e. The van der Waals surface area contributed by atoms with E-state index < -0.39 is 10.0 Å². The molecule has 2 heterocycles. The van der Waals surface area contributed by atoms with E-state index in [0.29, 0.717) is 37.0 Å². The number of amides is 1. The van der Waals surface area contributed by atoms with Gasteiger partial charge in [0.15, 0.2) is 5.58 Å². The van der Waals surface area contributed by atoms with Crippen molar-refractivity contribution in [2.24, 2.45) is 5.92 Å². The van der Waals surface area contributed by atoms with Crippen LogP contribution in [0, 0.1) is 5.92 Å². The maximum atomic E-state index is 12.7. The Hall–Kier alpha value is -1.93. The van der Waals surface area contributed by atoms with Crippen LogP contribution in [-0.2, 0) is 14.8 Å². The smallest absolute Gasteiger partial charge is 0.304 e. The summed E-state index contributed by atoms with van der Waals surface area (Å²) in [5.41, 5.74) is 1.34. The Kier molecular flexibility index (Phi) is 4.60. The molecular weight excluding hydrogens is 330 g/mol. The van der Waals surface area contributed by atoms with Gasteiger partial charge in [0.2, 0.25) is 15.9 Å². The molecule has 0 radical (unpaired) electrons. The Morgan fingerprint density at radius 3 is 2.62 bits per heavy atom. The number of anilines is 1. The lowest BCUT2D eigenvalue weighted by Crippen LogP contribution is -2.44. The molecule has 1 fully saturated rings. The van der Waals surface area contributed by atoms with Crippen LogP contribution in [0.2, 0.25) is 0 Å². The van der Waals surface area contributed by atoms with Gasteiger partial charge >= 0.3 is 6.01 Å². The van der Waals surface area contributed by atoms with Crippen molar-refractivity contribution in [3.8, 4) is 0 Å². The van der Waals surface area contributed by atoms with Gasteiger partial charge in [-0.15, -0.1) is 0 Å². The van der Waals surface area contributed by atoms with Gasteiger partial charge < -0.3 is 4.42 Å². The van der Waals surface area contributed by atoms with Crippen molar-refractivity contribution in [2.45, 2.75) is 19.8 Å². The van der Waals surface area contributed by atoms with Gasteiger partial charge in [-0.3, -0.25) is 9.69 Å². The van der Waals surface area contributed by atoms with Crippen LogP contribution in [0.4, 0.5) is 6.01 Å². The van der Waals surface area contributed by atoms with Crippen molar-refractivity contribution in [2.75, 3.05) is 30.8 Å². The van der Waals surface area contributed by atoms with Gasteiger partial charge in [-0.2, -0.15) is 4.98 Å². The fourth-order valence-electron chi connectivity index (χ4n) is 2.94. The Morgan fingerprint density at radius 1 is 1.33 bits per heavy atom. The van der Waals surface area contributed by atoms with E-state index in [1.165, 1.54) is 9.21 Å². The molecule has 0 aliphatic carbocycles. The third kappa shape index (κ3) is 3.16. The van der Waals surface area contributed by atoms with Gasteiger partial charge in [-0.05, 0) is 31.9 Å². The summed E-state index contributed by atoms with van der Waals surface area (Å²) in [7, 11) is -1.54. The lowest BCUT2D eigenvalue weighted by Gasteiger charge is -2.31. The number of nitrogens with zero attached hydrogens (tertiary/aromatic N) is 3. The number of carbonyl (C=O) groups excluding carboxylic acids is 1. The van der Waals surface area contributed by atoms with Crippen molar-refractivity contribution in [3.05, 3.63) is 24.3 Å². The van der Waals surface area contributed by atoms with Crippen molar-refractivity contribution >= 4 is 33.0 Å². The van der Waals surface area contributed by atoms with Crippen LogP contribution in [0.3, 0.4) is 0 Å². The SMILES string of the molecule is CCS(=O)(=O)N1CCC(C(=O)N(C)c2nc3ccccc3o2)CC1. The van der Waals surface area contributed by atoms with E-state index in [0.717, 1.165) is 0 Å². The number of hydrogen-bond acceptors (Lipinski definition) is 5. The molecule has 24 heavy (non-hydrogen) atoms. The number of para-hydroxylation sites is 2. The van der Waals surface area contributed by atoms with Gasteiger partial charge in [0.1, 0.15) is 5.52 Å². The fraction of sp³-hybridized carbons (Fsp3) is 0.500. The fourth-order valence-corrected chi connectivity index (χ4v) is 4.07. The molecule has 0 saturated carbocycles. The van der Waals surface area contributed by atoms with E-state index in [2.05, 4.69) is 4.98 Å². The highest BCUT2D eigenvalue weighted by molar-refractivity contribution is 7.89. The molecule has 2 aromatic rings. The Morgan fingerprint density at radius 2 is 2.00 bits per heavy atom. The first-order chi connectivity index (χ1) is 11.4. The Bertz CT molecular complexity index is 805. The van der Waals surface area contributed by atoms with Gasteiger partial charge in [-0.25, -0.2) is 12.7 Å². The molecule has 0 spiro atoms. The normalized spacial score (nSPS) is 17.2. The van der Waals surface area contributed by atoms with E-state index in [1.807, 2.05) is 18.2 Å². The average Bonchev–Trinajstić information content (AvgIpc) is 3.04. The minimum atomic E-state index is -3.18. The Labute approximate surface area is 141 Å². The number of sulfonamides is 1. The number of oxazole rings is 1. The number of fused-ring (bicyclic) bond motifs is 1. The van der Waals surface area contributed by atoms with Crippen LogP contribution in [0.15, 0.2) is 28.7 Å². The zero-order chi connectivity index (χ0) is 17.3. The highest BCUT2D eigenvalue weighted by Crippen LogP contribution is 2.26. The van der Waals surface area contributed by atoms with Crippen LogP contribution >= 0.6 is 0 Å². The van der Waals surface area contributed by atoms with Crippen LogP contribution in [0.25, 0.3) is 11.1 Å². The second-order valence-corrected chi connectivity index (χ2v) is 8.19. The predicted octanol–water partition coefficient (Wildman–Crippen LogP) is 1.85. The van der Waals surface area contributed by atoms with E-state index in [9.17, 15) is 13.2 Å². The molecule has 0 atom stereocenters. The lowest BCUT2D eigenvalue weighted by molar-refractivity contribution is -0.123. The molecule has 0 unspecified atom stereocenters. The first kappa shape index (κ1) is 16.9. The number of rotatable bonds is 4. The third-order valence-corrected chi connectivity index (χ3v) is 6.34. The molecule has 0 bridgehead atoms. The van der Waals surface area contributed by atoms with E-state index in [-0.39, 0.29) is 23.6 Å². The Balaban J connectivity index is 1.68.